The Balaban J connectivity index is 2.08. The largest absolute Gasteiger partial charge is 0.399 e. The van der Waals surface area contributed by atoms with E-state index in [1.165, 1.54) is 12.8 Å². The standard InChI is InChI=1S/C14H22N6/c1-10(2)5-3-4-8-20-14(17-18-19-20)12-7-6-11(15)9-13(12)16/h6-7,9-10H,3-5,8,15-16H2,1-2H3. The van der Waals surface area contributed by atoms with E-state index in [2.05, 4.69) is 29.4 Å². The van der Waals surface area contributed by atoms with Gasteiger partial charge >= 0.3 is 0 Å². The highest BCUT2D eigenvalue weighted by Gasteiger charge is 2.11. The fourth-order valence-electron chi connectivity index (χ4n) is 2.15. The van der Waals surface area contributed by atoms with E-state index in [9.17, 15) is 0 Å². The molecule has 1 heterocycles. The van der Waals surface area contributed by atoms with Crippen molar-refractivity contribution in [3.8, 4) is 11.4 Å². The Kier molecular flexibility index (Phi) is 4.55. The summed E-state index contributed by atoms with van der Waals surface area (Å²) < 4.78 is 1.81. The van der Waals surface area contributed by atoms with Gasteiger partial charge in [0.15, 0.2) is 5.82 Å². The molecule has 0 fully saturated rings. The van der Waals surface area contributed by atoms with E-state index in [0.717, 1.165) is 24.4 Å². The first kappa shape index (κ1) is 14.3. The van der Waals surface area contributed by atoms with E-state index in [4.69, 9.17) is 11.5 Å². The van der Waals surface area contributed by atoms with Crippen LogP contribution in [0.25, 0.3) is 11.4 Å². The lowest BCUT2D eigenvalue weighted by Gasteiger charge is -2.08. The van der Waals surface area contributed by atoms with E-state index in [1.54, 1.807) is 6.07 Å². The summed E-state index contributed by atoms with van der Waals surface area (Å²) >= 11 is 0. The van der Waals surface area contributed by atoms with Crippen LogP contribution >= 0.6 is 0 Å². The van der Waals surface area contributed by atoms with Crippen LogP contribution in [-0.2, 0) is 6.54 Å². The van der Waals surface area contributed by atoms with Crippen molar-refractivity contribution in [2.75, 3.05) is 11.5 Å². The summed E-state index contributed by atoms with van der Waals surface area (Å²) in [7, 11) is 0. The first-order valence-corrected chi connectivity index (χ1v) is 6.99. The molecule has 0 aliphatic rings. The highest BCUT2D eigenvalue weighted by Crippen LogP contribution is 2.25. The average molecular weight is 274 g/mol. The van der Waals surface area contributed by atoms with Crippen molar-refractivity contribution in [3.05, 3.63) is 18.2 Å². The average Bonchev–Trinajstić information content (AvgIpc) is 2.82. The van der Waals surface area contributed by atoms with Gasteiger partial charge in [0.25, 0.3) is 0 Å². The molecular weight excluding hydrogens is 252 g/mol. The van der Waals surface area contributed by atoms with Crippen LogP contribution in [0.3, 0.4) is 0 Å². The third-order valence-corrected chi connectivity index (χ3v) is 3.25. The number of hydrogen-bond acceptors (Lipinski definition) is 5. The zero-order valence-electron chi connectivity index (χ0n) is 12.1. The van der Waals surface area contributed by atoms with Gasteiger partial charge < -0.3 is 11.5 Å². The van der Waals surface area contributed by atoms with Gasteiger partial charge in [-0.25, -0.2) is 4.68 Å². The first-order valence-electron chi connectivity index (χ1n) is 6.99. The third kappa shape index (κ3) is 3.46. The summed E-state index contributed by atoms with van der Waals surface area (Å²) in [4.78, 5) is 0. The summed E-state index contributed by atoms with van der Waals surface area (Å²) in [6.07, 6.45) is 3.46. The fraction of sp³-hybridized carbons (Fsp3) is 0.500. The van der Waals surface area contributed by atoms with E-state index in [1.807, 2.05) is 16.8 Å². The molecule has 0 spiro atoms. The maximum absolute atomic E-state index is 5.99. The Labute approximate surface area is 119 Å². The van der Waals surface area contributed by atoms with Gasteiger partial charge in [-0.3, -0.25) is 0 Å². The molecule has 6 heteroatoms. The van der Waals surface area contributed by atoms with Crippen LogP contribution in [-0.4, -0.2) is 20.2 Å². The maximum Gasteiger partial charge on any atom is 0.184 e. The zero-order chi connectivity index (χ0) is 14.5. The number of rotatable bonds is 6. The van der Waals surface area contributed by atoms with Gasteiger partial charge in [0.2, 0.25) is 0 Å². The van der Waals surface area contributed by atoms with Crippen molar-refractivity contribution in [3.63, 3.8) is 0 Å². The molecule has 2 aromatic rings. The third-order valence-electron chi connectivity index (χ3n) is 3.25. The second-order valence-electron chi connectivity index (χ2n) is 5.46. The molecule has 0 aliphatic heterocycles. The predicted molar refractivity (Wildman–Crippen MR) is 80.8 cm³/mol. The molecule has 4 N–H and O–H groups in total. The Morgan fingerprint density at radius 3 is 2.70 bits per heavy atom. The van der Waals surface area contributed by atoms with E-state index < -0.39 is 0 Å². The molecule has 108 valence electrons. The summed E-state index contributed by atoms with van der Waals surface area (Å²) in [5, 5.41) is 11.9. The Morgan fingerprint density at radius 1 is 1.20 bits per heavy atom. The minimum Gasteiger partial charge on any atom is -0.399 e. The molecule has 0 bridgehead atoms. The lowest BCUT2D eigenvalue weighted by atomic mass is 10.1. The molecule has 0 radical (unpaired) electrons. The van der Waals surface area contributed by atoms with Gasteiger partial charge in [0.05, 0.1) is 0 Å². The summed E-state index contributed by atoms with van der Waals surface area (Å²) in [5.74, 6) is 1.43. The van der Waals surface area contributed by atoms with Crippen LogP contribution in [0.4, 0.5) is 11.4 Å². The second-order valence-corrected chi connectivity index (χ2v) is 5.46. The number of hydrogen-bond donors (Lipinski definition) is 2. The van der Waals surface area contributed by atoms with Gasteiger partial charge in [-0.1, -0.05) is 26.7 Å². The van der Waals surface area contributed by atoms with Gasteiger partial charge in [0, 0.05) is 23.5 Å². The molecule has 2 rings (SSSR count). The van der Waals surface area contributed by atoms with Crippen molar-refractivity contribution in [2.45, 2.75) is 39.7 Å². The molecule has 20 heavy (non-hydrogen) atoms. The van der Waals surface area contributed by atoms with E-state index in [-0.39, 0.29) is 0 Å². The van der Waals surface area contributed by atoms with Gasteiger partial charge in [-0.2, -0.15) is 0 Å². The van der Waals surface area contributed by atoms with Crippen LogP contribution < -0.4 is 11.5 Å². The number of tetrazole rings is 1. The molecule has 1 aromatic carbocycles. The summed E-state index contributed by atoms with van der Waals surface area (Å²) in [6.45, 7) is 5.27. The summed E-state index contributed by atoms with van der Waals surface area (Å²) in [5.41, 5.74) is 13.8. The number of nitrogens with zero attached hydrogens (tertiary/aromatic N) is 4. The lowest BCUT2D eigenvalue weighted by Crippen LogP contribution is -2.05. The van der Waals surface area contributed by atoms with E-state index in [0.29, 0.717) is 17.2 Å². The van der Waals surface area contributed by atoms with Crippen LogP contribution in [0.5, 0.6) is 0 Å². The molecule has 0 saturated carbocycles. The van der Waals surface area contributed by atoms with Crippen molar-refractivity contribution >= 4 is 11.4 Å². The number of nitrogens with two attached hydrogens (primary N) is 2. The Bertz CT molecular complexity index is 561. The minimum absolute atomic E-state index is 0.600. The number of anilines is 2. The van der Waals surface area contributed by atoms with Crippen molar-refractivity contribution < 1.29 is 0 Å². The minimum atomic E-state index is 0.600. The highest BCUT2D eigenvalue weighted by molar-refractivity contribution is 5.74. The van der Waals surface area contributed by atoms with Crippen molar-refractivity contribution in [1.82, 2.24) is 20.2 Å². The summed E-state index contributed by atoms with van der Waals surface area (Å²) in [6, 6.07) is 5.40. The number of nitrogen functional groups attached to an aromatic ring is 2. The van der Waals surface area contributed by atoms with Gasteiger partial charge in [0.1, 0.15) is 0 Å². The molecule has 0 unspecified atom stereocenters. The van der Waals surface area contributed by atoms with Crippen LogP contribution in [0.1, 0.15) is 33.1 Å². The highest BCUT2D eigenvalue weighted by atomic mass is 15.5. The smallest absolute Gasteiger partial charge is 0.184 e. The molecule has 0 aliphatic carbocycles. The van der Waals surface area contributed by atoms with Crippen LogP contribution in [0, 0.1) is 5.92 Å². The number of benzene rings is 1. The second kappa shape index (κ2) is 6.36. The molecular formula is C14H22N6. The van der Waals surface area contributed by atoms with Crippen molar-refractivity contribution in [1.29, 1.82) is 0 Å². The Morgan fingerprint density at radius 2 is 2.00 bits per heavy atom. The topological polar surface area (TPSA) is 95.6 Å². The lowest BCUT2D eigenvalue weighted by molar-refractivity contribution is 0.487. The van der Waals surface area contributed by atoms with Crippen molar-refractivity contribution in [2.24, 2.45) is 5.92 Å². The Hall–Kier alpha value is -2.11. The molecule has 0 saturated heterocycles. The normalized spacial score (nSPS) is 11.2. The molecule has 0 atom stereocenters. The maximum atomic E-state index is 5.99. The predicted octanol–water partition coefficient (Wildman–Crippen LogP) is 2.33. The number of aromatic nitrogens is 4. The van der Waals surface area contributed by atoms with Gasteiger partial charge in [-0.15, -0.1) is 5.10 Å². The quantitative estimate of drug-likeness (QED) is 0.622. The monoisotopic (exact) mass is 274 g/mol. The zero-order valence-corrected chi connectivity index (χ0v) is 12.1. The first-order chi connectivity index (χ1) is 9.58. The number of aryl methyl sites for hydroxylation is 1. The molecule has 6 nitrogen and oxygen atoms in total. The SMILES string of the molecule is CC(C)CCCCn1nnnc1-c1ccc(N)cc1N. The van der Waals surface area contributed by atoms with E-state index >= 15 is 0 Å². The van der Waals surface area contributed by atoms with Crippen LogP contribution in [0.15, 0.2) is 18.2 Å². The van der Waals surface area contributed by atoms with Crippen LogP contribution in [0.2, 0.25) is 0 Å². The molecule has 1 aromatic heterocycles. The number of unbranched alkanes of at least 4 members (excludes halogenated alkanes) is 1. The fourth-order valence-corrected chi connectivity index (χ4v) is 2.15. The van der Waals surface area contributed by atoms with Gasteiger partial charge in [-0.05, 0) is 41.0 Å². The molecule has 0 amide bonds.